The van der Waals surface area contributed by atoms with Crippen LogP contribution in [0.2, 0.25) is 0 Å². The Morgan fingerprint density at radius 3 is 2.24 bits per heavy atom. The van der Waals surface area contributed by atoms with Gasteiger partial charge in [0.15, 0.2) is 5.78 Å². The van der Waals surface area contributed by atoms with E-state index in [1.807, 2.05) is 44.3 Å². The number of hydrogen-bond acceptors (Lipinski definition) is 2. The van der Waals surface area contributed by atoms with Crippen molar-refractivity contribution in [1.82, 2.24) is 4.90 Å². The Balaban J connectivity index is 2.70. The third-order valence-corrected chi connectivity index (χ3v) is 2.82. The van der Waals surface area contributed by atoms with Crippen molar-refractivity contribution in [2.24, 2.45) is 5.41 Å². The summed E-state index contributed by atoms with van der Waals surface area (Å²) >= 11 is 0. The van der Waals surface area contributed by atoms with Gasteiger partial charge < -0.3 is 0 Å². The van der Waals surface area contributed by atoms with Gasteiger partial charge in [-0.25, -0.2) is 0 Å². The van der Waals surface area contributed by atoms with Crippen LogP contribution >= 0.6 is 0 Å². The summed E-state index contributed by atoms with van der Waals surface area (Å²) in [5, 5.41) is 0. The van der Waals surface area contributed by atoms with E-state index in [-0.39, 0.29) is 17.2 Å². The monoisotopic (exact) mass is 233 g/mol. The van der Waals surface area contributed by atoms with Crippen LogP contribution < -0.4 is 0 Å². The van der Waals surface area contributed by atoms with Gasteiger partial charge in [-0.3, -0.25) is 9.69 Å². The molecule has 0 aliphatic heterocycles. The molecule has 0 aliphatic carbocycles. The molecule has 1 unspecified atom stereocenters. The standard InChI is InChI=1S/C15H23NO/c1-12(16(5)11-15(2,3)4)14(17)13-9-7-6-8-10-13/h6-10,12H,11H2,1-5H3. The fraction of sp³-hybridized carbons (Fsp3) is 0.533. The van der Waals surface area contributed by atoms with Gasteiger partial charge in [0.05, 0.1) is 6.04 Å². The Labute approximate surface area is 105 Å². The molecule has 0 saturated heterocycles. The lowest BCUT2D eigenvalue weighted by Gasteiger charge is -2.30. The van der Waals surface area contributed by atoms with Crippen molar-refractivity contribution in [3.8, 4) is 0 Å². The number of nitrogens with zero attached hydrogens (tertiary/aromatic N) is 1. The van der Waals surface area contributed by atoms with E-state index in [4.69, 9.17) is 0 Å². The Hall–Kier alpha value is -1.15. The van der Waals surface area contributed by atoms with Crippen molar-refractivity contribution in [2.75, 3.05) is 13.6 Å². The predicted octanol–water partition coefficient (Wildman–Crippen LogP) is 3.24. The smallest absolute Gasteiger partial charge is 0.179 e. The lowest BCUT2D eigenvalue weighted by Crippen LogP contribution is -2.40. The highest BCUT2D eigenvalue weighted by molar-refractivity contribution is 5.99. The van der Waals surface area contributed by atoms with Gasteiger partial charge in [0.25, 0.3) is 0 Å². The third kappa shape index (κ3) is 4.31. The van der Waals surface area contributed by atoms with E-state index < -0.39 is 0 Å². The molecule has 0 heterocycles. The Morgan fingerprint density at radius 2 is 1.76 bits per heavy atom. The molecule has 1 rings (SSSR count). The molecule has 1 aromatic rings. The van der Waals surface area contributed by atoms with Crippen LogP contribution in [0.3, 0.4) is 0 Å². The molecule has 0 bridgehead atoms. The molecular weight excluding hydrogens is 210 g/mol. The highest BCUT2D eigenvalue weighted by atomic mass is 16.1. The number of carbonyl (C=O) groups excluding carboxylic acids is 1. The second-order valence-electron chi connectivity index (χ2n) is 5.88. The lowest BCUT2D eigenvalue weighted by atomic mass is 9.94. The average molecular weight is 233 g/mol. The van der Waals surface area contributed by atoms with Crippen molar-refractivity contribution in [2.45, 2.75) is 33.7 Å². The van der Waals surface area contributed by atoms with E-state index in [2.05, 4.69) is 25.7 Å². The molecule has 0 spiro atoms. The second-order valence-corrected chi connectivity index (χ2v) is 5.88. The van der Waals surface area contributed by atoms with Crippen LogP contribution in [0.1, 0.15) is 38.1 Å². The zero-order chi connectivity index (χ0) is 13.1. The van der Waals surface area contributed by atoms with Crippen molar-refractivity contribution < 1.29 is 4.79 Å². The maximum atomic E-state index is 12.2. The lowest BCUT2D eigenvalue weighted by molar-refractivity contribution is 0.0831. The largest absolute Gasteiger partial charge is 0.296 e. The van der Waals surface area contributed by atoms with E-state index in [0.717, 1.165) is 12.1 Å². The van der Waals surface area contributed by atoms with Crippen LogP contribution in [0.25, 0.3) is 0 Å². The number of likely N-dealkylation sites (N-methyl/N-ethyl adjacent to an activating group) is 1. The second kappa shape index (κ2) is 5.46. The first-order valence-corrected chi connectivity index (χ1v) is 6.11. The van der Waals surface area contributed by atoms with Gasteiger partial charge in [-0.2, -0.15) is 0 Å². The highest BCUT2D eigenvalue weighted by Crippen LogP contribution is 2.17. The molecule has 0 aromatic heterocycles. The molecule has 1 atom stereocenters. The maximum absolute atomic E-state index is 12.2. The Bertz CT molecular complexity index is 364. The van der Waals surface area contributed by atoms with Crippen molar-refractivity contribution in [3.63, 3.8) is 0 Å². The minimum Gasteiger partial charge on any atom is -0.296 e. The van der Waals surface area contributed by atoms with Crippen LogP contribution in [-0.2, 0) is 0 Å². The summed E-state index contributed by atoms with van der Waals surface area (Å²) in [5.74, 6) is 0.192. The minimum atomic E-state index is -0.0726. The van der Waals surface area contributed by atoms with E-state index in [1.54, 1.807) is 0 Å². The summed E-state index contributed by atoms with van der Waals surface area (Å²) in [4.78, 5) is 14.4. The third-order valence-electron chi connectivity index (χ3n) is 2.82. The first-order chi connectivity index (χ1) is 7.81. The molecule has 1 aromatic carbocycles. The first-order valence-electron chi connectivity index (χ1n) is 6.11. The fourth-order valence-electron chi connectivity index (χ4n) is 1.93. The summed E-state index contributed by atoms with van der Waals surface area (Å²) in [6, 6.07) is 9.43. The molecule has 0 amide bonds. The summed E-state index contributed by atoms with van der Waals surface area (Å²) in [6.45, 7) is 9.43. The molecule has 94 valence electrons. The SMILES string of the molecule is CC(C(=O)c1ccccc1)N(C)CC(C)(C)C. The van der Waals surface area contributed by atoms with Crippen LogP contribution in [0.5, 0.6) is 0 Å². The number of ketones is 1. The van der Waals surface area contributed by atoms with Crippen LogP contribution in [0.4, 0.5) is 0 Å². The van der Waals surface area contributed by atoms with Crippen molar-refractivity contribution in [1.29, 1.82) is 0 Å². The Kier molecular flexibility index (Phi) is 4.47. The molecule has 2 heteroatoms. The molecule has 2 nitrogen and oxygen atoms in total. The van der Waals surface area contributed by atoms with Crippen LogP contribution in [0.15, 0.2) is 30.3 Å². The molecule has 0 saturated carbocycles. The molecule has 0 aliphatic rings. The maximum Gasteiger partial charge on any atom is 0.179 e. The number of rotatable bonds is 4. The van der Waals surface area contributed by atoms with E-state index in [0.29, 0.717) is 0 Å². The van der Waals surface area contributed by atoms with Crippen LogP contribution in [-0.4, -0.2) is 30.3 Å². The van der Waals surface area contributed by atoms with Gasteiger partial charge in [-0.1, -0.05) is 51.1 Å². The zero-order valence-electron chi connectivity index (χ0n) is 11.5. The zero-order valence-corrected chi connectivity index (χ0v) is 11.5. The summed E-state index contributed by atoms with van der Waals surface area (Å²) in [6.07, 6.45) is 0. The summed E-state index contributed by atoms with van der Waals surface area (Å²) < 4.78 is 0. The predicted molar refractivity (Wildman–Crippen MR) is 72.3 cm³/mol. The average Bonchev–Trinajstić information content (AvgIpc) is 2.26. The van der Waals surface area contributed by atoms with Crippen LogP contribution in [0, 0.1) is 5.41 Å². The number of carbonyl (C=O) groups is 1. The first kappa shape index (κ1) is 13.9. The van der Waals surface area contributed by atoms with E-state index in [9.17, 15) is 4.79 Å². The number of benzene rings is 1. The van der Waals surface area contributed by atoms with Gasteiger partial charge in [0, 0.05) is 12.1 Å². The van der Waals surface area contributed by atoms with Crippen molar-refractivity contribution >= 4 is 5.78 Å². The van der Waals surface area contributed by atoms with Gasteiger partial charge in [-0.15, -0.1) is 0 Å². The number of hydrogen-bond donors (Lipinski definition) is 0. The van der Waals surface area contributed by atoms with E-state index >= 15 is 0 Å². The van der Waals surface area contributed by atoms with E-state index in [1.165, 1.54) is 0 Å². The molecule has 0 fully saturated rings. The van der Waals surface area contributed by atoms with Crippen molar-refractivity contribution in [3.05, 3.63) is 35.9 Å². The van der Waals surface area contributed by atoms with Gasteiger partial charge in [0.2, 0.25) is 0 Å². The molecule has 0 radical (unpaired) electrons. The Morgan fingerprint density at radius 1 is 1.24 bits per heavy atom. The van der Waals surface area contributed by atoms with Gasteiger partial charge in [-0.05, 0) is 19.4 Å². The molecule has 17 heavy (non-hydrogen) atoms. The number of Topliss-reactive ketones (excluding diaryl/α,β-unsaturated/α-hetero) is 1. The molecular formula is C15H23NO. The van der Waals surface area contributed by atoms with Gasteiger partial charge in [0.1, 0.15) is 0 Å². The summed E-state index contributed by atoms with van der Waals surface area (Å²) in [7, 11) is 2.01. The minimum absolute atomic E-state index is 0.0726. The topological polar surface area (TPSA) is 20.3 Å². The van der Waals surface area contributed by atoms with Gasteiger partial charge >= 0.3 is 0 Å². The summed E-state index contributed by atoms with van der Waals surface area (Å²) in [5.41, 5.74) is 1.00. The quantitative estimate of drug-likeness (QED) is 0.744. The normalized spacial score (nSPS) is 13.8. The fourth-order valence-corrected chi connectivity index (χ4v) is 1.93. The highest BCUT2D eigenvalue weighted by Gasteiger charge is 2.23. The molecule has 0 N–H and O–H groups in total.